The van der Waals surface area contributed by atoms with Crippen molar-refractivity contribution in [2.75, 3.05) is 25.0 Å². The standard InChI is InChI=1S/C21H26N6S/c1-16(15-27-10-2-3-11-27)23-13-17-7-8-19(24-14-17)26-20-6-4-5-18(25-20)21-22-9-12-28-21/h4-9,12,14,16,23H,2-3,10-11,13,15H2,1H3,(H,24,25,26). The van der Waals surface area contributed by atoms with Crippen LogP contribution >= 0.6 is 11.3 Å². The lowest BCUT2D eigenvalue weighted by molar-refractivity contribution is 0.298. The van der Waals surface area contributed by atoms with Gasteiger partial charge in [0.1, 0.15) is 22.3 Å². The SMILES string of the molecule is CC(CN1CCCC1)NCc1ccc(Nc2cccc(-c3nccs3)n2)nc1. The van der Waals surface area contributed by atoms with Crippen molar-refractivity contribution in [3.8, 4) is 10.7 Å². The number of pyridine rings is 2. The molecule has 0 spiro atoms. The Balaban J connectivity index is 1.30. The number of aromatic nitrogens is 3. The Labute approximate surface area is 170 Å². The molecule has 0 amide bonds. The molecule has 1 saturated heterocycles. The van der Waals surface area contributed by atoms with Gasteiger partial charge < -0.3 is 15.5 Å². The molecule has 146 valence electrons. The smallest absolute Gasteiger partial charge is 0.141 e. The summed E-state index contributed by atoms with van der Waals surface area (Å²) in [7, 11) is 0. The zero-order valence-corrected chi connectivity index (χ0v) is 17.0. The maximum atomic E-state index is 4.62. The summed E-state index contributed by atoms with van der Waals surface area (Å²) >= 11 is 1.58. The van der Waals surface area contributed by atoms with E-state index in [4.69, 9.17) is 0 Å². The summed E-state index contributed by atoms with van der Waals surface area (Å²) in [4.78, 5) is 16.0. The fourth-order valence-corrected chi connectivity index (χ4v) is 4.02. The predicted molar refractivity (Wildman–Crippen MR) is 115 cm³/mol. The lowest BCUT2D eigenvalue weighted by atomic mass is 10.2. The van der Waals surface area contributed by atoms with Gasteiger partial charge in [-0.25, -0.2) is 15.0 Å². The first-order valence-electron chi connectivity index (χ1n) is 9.81. The van der Waals surface area contributed by atoms with Crippen LogP contribution in [-0.4, -0.2) is 45.5 Å². The van der Waals surface area contributed by atoms with Crippen molar-refractivity contribution in [3.05, 3.63) is 53.7 Å². The van der Waals surface area contributed by atoms with Crippen molar-refractivity contribution < 1.29 is 0 Å². The van der Waals surface area contributed by atoms with E-state index in [2.05, 4.69) is 43.5 Å². The van der Waals surface area contributed by atoms with E-state index in [-0.39, 0.29) is 0 Å². The molecule has 1 aliphatic heterocycles. The first-order chi connectivity index (χ1) is 13.8. The van der Waals surface area contributed by atoms with Crippen LogP contribution in [0.25, 0.3) is 10.7 Å². The van der Waals surface area contributed by atoms with E-state index in [1.807, 2.05) is 35.8 Å². The third-order valence-electron chi connectivity index (χ3n) is 4.87. The minimum Gasteiger partial charge on any atom is -0.325 e. The molecule has 2 N–H and O–H groups in total. The highest BCUT2D eigenvalue weighted by atomic mass is 32.1. The summed E-state index contributed by atoms with van der Waals surface area (Å²) in [5, 5.41) is 9.75. The molecular weight excluding hydrogens is 368 g/mol. The molecule has 0 saturated carbocycles. The number of thiazole rings is 1. The Hall–Kier alpha value is -2.35. The fraction of sp³-hybridized carbons (Fsp3) is 0.381. The zero-order chi connectivity index (χ0) is 19.2. The second kappa shape index (κ2) is 9.23. The number of rotatable bonds is 8. The molecule has 0 aliphatic carbocycles. The number of nitrogens with one attached hydrogen (secondary N) is 2. The van der Waals surface area contributed by atoms with Crippen LogP contribution in [0, 0.1) is 0 Å². The summed E-state index contributed by atoms with van der Waals surface area (Å²) in [6, 6.07) is 10.5. The third-order valence-corrected chi connectivity index (χ3v) is 5.66. The summed E-state index contributed by atoms with van der Waals surface area (Å²) in [6.07, 6.45) is 6.39. The van der Waals surface area contributed by atoms with Crippen LogP contribution in [0.3, 0.4) is 0 Å². The molecule has 1 atom stereocenters. The van der Waals surface area contributed by atoms with Gasteiger partial charge in [-0.2, -0.15) is 0 Å². The number of hydrogen-bond donors (Lipinski definition) is 2. The van der Waals surface area contributed by atoms with E-state index in [0.717, 1.165) is 35.4 Å². The molecule has 6 nitrogen and oxygen atoms in total. The Morgan fingerprint density at radius 2 is 2.00 bits per heavy atom. The maximum absolute atomic E-state index is 4.62. The summed E-state index contributed by atoms with van der Waals surface area (Å²) in [5.41, 5.74) is 2.05. The molecular formula is C21H26N6S. The minimum atomic E-state index is 0.480. The predicted octanol–water partition coefficient (Wildman–Crippen LogP) is 3.92. The van der Waals surface area contributed by atoms with E-state index in [1.54, 1.807) is 17.5 Å². The van der Waals surface area contributed by atoms with Crippen molar-refractivity contribution in [2.24, 2.45) is 0 Å². The van der Waals surface area contributed by atoms with Gasteiger partial charge >= 0.3 is 0 Å². The second-order valence-corrected chi connectivity index (χ2v) is 8.11. The quantitative estimate of drug-likeness (QED) is 0.604. The van der Waals surface area contributed by atoms with Gasteiger partial charge in [0.2, 0.25) is 0 Å². The largest absolute Gasteiger partial charge is 0.325 e. The molecule has 4 heterocycles. The van der Waals surface area contributed by atoms with E-state index in [9.17, 15) is 0 Å². The molecule has 3 aromatic rings. The van der Waals surface area contributed by atoms with Crippen molar-refractivity contribution in [3.63, 3.8) is 0 Å². The summed E-state index contributed by atoms with van der Waals surface area (Å²) in [6.45, 7) is 6.69. The number of nitrogens with zero attached hydrogens (tertiary/aromatic N) is 4. The topological polar surface area (TPSA) is 66.0 Å². The lowest BCUT2D eigenvalue weighted by Crippen LogP contribution is -2.37. The molecule has 3 aromatic heterocycles. The Morgan fingerprint density at radius 3 is 2.75 bits per heavy atom. The van der Waals surface area contributed by atoms with Gasteiger partial charge in [-0.3, -0.25) is 0 Å². The number of hydrogen-bond acceptors (Lipinski definition) is 7. The minimum absolute atomic E-state index is 0.480. The Kier molecular flexibility index (Phi) is 6.26. The monoisotopic (exact) mass is 394 g/mol. The Morgan fingerprint density at radius 1 is 1.11 bits per heavy atom. The van der Waals surface area contributed by atoms with E-state index < -0.39 is 0 Å². The van der Waals surface area contributed by atoms with Crippen LogP contribution in [0.4, 0.5) is 11.6 Å². The van der Waals surface area contributed by atoms with Crippen LogP contribution in [0.1, 0.15) is 25.3 Å². The average Bonchev–Trinajstić information content (AvgIpc) is 3.42. The van der Waals surface area contributed by atoms with Gasteiger partial charge in [0.15, 0.2) is 0 Å². The van der Waals surface area contributed by atoms with Crippen LogP contribution in [-0.2, 0) is 6.54 Å². The summed E-state index contributed by atoms with van der Waals surface area (Å²) < 4.78 is 0. The zero-order valence-electron chi connectivity index (χ0n) is 16.1. The van der Waals surface area contributed by atoms with E-state index in [0.29, 0.717) is 6.04 Å². The molecule has 1 unspecified atom stereocenters. The van der Waals surface area contributed by atoms with Crippen molar-refractivity contribution in [1.29, 1.82) is 0 Å². The molecule has 4 rings (SSSR count). The van der Waals surface area contributed by atoms with Crippen molar-refractivity contribution in [2.45, 2.75) is 32.4 Å². The molecule has 7 heteroatoms. The van der Waals surface area contributed by atoms with Gasteiger partial charge in [-0.05, 0) is 56.6 Å². The van der Waals surface area contributed by atoms with Gasteiger partial charge in [0.25, 0.3) is 0 Å². The molecule has 0 radical (unpaired) electrons. The Bertz CT molecular complexity index is 859. The third kappa shape index (κ3) is 5.13. The highest BCUT2D eigenvalue weighted by Crippen LogP contribution is 2.22. The first-order valence-corrected chi connectivity index (χ1v) is 10.7. The summed E-state index contributed by atoms with van der Waals surface area (Å²) in [5.74, 6) is 1.56. The normalized spacial score (nSPS) is 15.6. The van der Waals surface area contributed by atoms with Crippen LogP contribution in [0.15, 0.2) is 48.1 Å². The van der Waals surface area contributed by atoms with Gasteiger partial charge in [0, 0.05) is 36.9 Å². The van der Waals surface area contributed by atoms with Crippen molar-refractivity contribution >= 4 is 23.0 Å². The molecule has 28 heavy (non-hydrogen) atoms. The number of anilines is 2. The molecule has 1 fully saturated rings. The van der Waals surface area contributed by atoms with Gasteiger partial charge in [-0.15, -0.1) is 11.3 Å². The highest BCUT2D eigenvalue weighted by molar-refractivity contribution is 7.13. The highest BCUT2D eigenvalue weighted by Gasteiger charge is 2.14. The molecule has 1 aliphatic rings. The molecule has 0 aromatic carbocycles. The van der Waals surface area contributed by atoms with Crippen LogP contribution < -0.4 is 10.6 Å². The van der Waals surface area contributed by atoms with Crippen LogP contribution in [0.5, 0.6) is 0 Å². The van der Waals surface area contributed by atoms with E-state index >= 15 is 0 Å². The van der Waals surface area contributed by atoms with Crippen LogP contribution in [0.2, 0.25) is 0 Å². The van der Waals surface area contributed by atoms with Gasteiger partial charge in [-0.1, -0.05) is 12.1 Å². The second-order valence-electron chi connectivity index (χ2n) is 7.21. The molecule has 0 bridgehead atoms. The first kappa shape index (κ1) is 19.0. The van der Waals surface area contributed by atoms with Gasteiger partial charge in [0.05, 0.1) is 0 Å². The maximum Gasteiger partial charge on any atom is 0.141 e. The number of likely N-dealkylation sites (tertiary alicyclic amines) is 1. The lowest BCUT2D eigenvalue weighted by Gasteiger charge is -2.21. The fourth-order valence-electron chi connectivity index (χ4n) is 3.42. The average molecular weight is 395 g/mol. The van der Waals surface area contributed by atoms with Crippen molar-refractivity contribution in [1.82, 2.24) is 25.2 Å². The van der Waals surface area contributed by atoms with E-state index in [1.165, 1.54) is 31.5 Å².